The highest BCUT2D eigenvalue weighted by Gasteiger charge is 2.38. The Balaban J connectivity index is 1.84. The maximum atomic E-state index is 14.1. The predicted molar refractivity (Wildman–Crippen MR) is 202 cm³/mol. The molecule has 53 heavy (non-hydrogen) atoms. The molecule has 1 aliphatic heterocycles. The Labute approximate surface area is 313 Å². The highest BCUT2D eigenvalue weighted by molar-refractivity contribution is 5.97. The second-order valence-electron chi connectivity index (χ2n) is 15.0. The summed E-state index contributed by atoms with van der Waals surface area (Å²) in [6.45, 7) is 10.3. The highest BCUT2D eigenvalue weighted by Crippen LogP contribution is 2.16. The second-order valence-corrected chi connectivity index (χ2v) is 15.0. The minimum absolute atomic E-state index is 0.0279. The Morgan fingerprint density at radius 3 is 1.77 bits per heavy atom. The number of nitrogens with zero attached hydrogens (tertiary/aromatic N) is 1. The molecule has 0 bridgehead atoms. The number of aryl methyl sites for hydroxylation is 1. The first-order valence-electron chi connectivity index (χ1n) is 18.6. The summed E-state index contributed by atoms with van der Waals surface area (Å²) in [5.41, 5.74) is -0.337. The molecule has 0 radical (unpaired) electrons. The summed E-state index contributed by atoms with van der Waals surface area (Å²) in [6.07, 6.45) is 1.33. The van der Waals surface area contributed by atoms with Gasteiger partial charge in [-0.1, -0.05) is 88.4 Å². The number of rotatable bonds is 21. The summed E-state index contributed by atoms with van der Waals surface area (Å²) < 4.78 is 5.39. The molecule has 2 aromatic rings. The van der Waals surface area contributed by atoms with Crippen LogP contribution in [-0.2, 0) is 41.6 Å². The summed E-state index contributed by atoms with van der Waals surface area (Å²) in [5, 5.41) is 31.5. The molecule has 3 rings (SSSR count). The number of ether oxygens (including phenoxy) is 1. The van der Waals surface area contributed by atoms with Crippen molar-refractivity contribution < 1.29 is 38.9 Å². The van der Waals surface area contributed by atoms with Gasteiger partial charge in [0.2, 0.25) is 23.6 Å². The van der Waals surface area contributed by atoms with Crippen molar-refractivity contribution in [3.63, 3.8) is 0 Å². The molecule has 0 spiro atoms. The Bertz CT molecular complexity index is 1460. The quantitative estimate of drug-likeness (QED) is 0.111. The number of aliphatic hydroxyl groups excluding tert-OH is 1. The van der Waals surface area contributed by atoms with Gasteiger partial charge < -0.3 is 36.2 Å². The number of benzene rings is 2. The van der Waals surface area contributed by atoms with Crippen molar-refractivity contribution >= 4 is 29.4 Å². The first-order chi connectivity index (χ1) is 25.2. The molecule has 0 aliphatic carbocycles. The Morgan fingerprint density at radius 2 is 1.21 bits per heavy atom. The fourth-order valence-corrected chi connectivity index (χ4v) is 6.16. The maximum Gasteiger partial charge on any atom is 0.243 e. The first-order valence-corrected chi connectivity index (χ1v) is 18.6. The minimum Gasteiger partial charge on any atom is -0.393 e. The van der Waals surface area contributed by atoms with Crippen molar-refractivity contribution in [3.8, 4) is 0 Å². The van der Waals surface area contributed by atoms with Gasteiger partial charge in [-0.25, -0.2) is 0 Å². The lowest BCUT2D eigenvalue weighted by Gasteiger charge is -2.30. The number of carbonyl (C=O) groups is 5. The van der Waals surface area contributed by atoms with Crippen LogP contribution in [0.15, 0.2) is 60.7 Å². The topological polar surface area (TPSA) is 186 Å². The van der Waals surface area contributed by atoms with Crippen molar-refractivity contribution in [2.45, 2.75) is 96.5 Å². The van der Waals surface area contributed by atoms with E-state index >= 15 is 0 Å². The van der Waals surface area contributed by atoms with E-state index in [-0.39, 0.29) is 43.6 Å². The van der Waals surface area contributed by atoms with Crippen LogP contribution in [-0.4, -0.2) is 114 Å². The van der Waals surface area contributed by atoms with Crippen molar-refractivity contribution in [1.29, 1.82) is 0 Å². The minimum atomic E-state index is -2.08. The van der Waals surface area contributed by atoms with Crippen molar-refractivity contribution in [2.24, 2.45) is 11.8 Å². The third-order valence-corrected chi connectivity index (χ3v) is 9.12. The zero-order chi connectivity index (χ0) is 39.0. The van der Waals surface area contributed by atoms with Crippen LogP contribution in [0.5, 0.6) is 0 Å². The van der Waals surface area contributed by atoms with E-state index in [9.17, 15) is 34.2 Å². The number of Topliss-reactive ketones (excluding diaryl/α,β-unsaturated/α-hetero) is 1. The van der Waals surface area contributed by atoms with Gasteiger partial charge in [0.15, 0.2) is 5.78 Å². The van der Waals surface area contributed by atoms with E-state index in [1.807, 2.05) is 81.1 Å². The van der Waals surface area contributed by atoms with E-state index in [1.165, 1.54) is 6.92 Å². The van der Waals surface area contributed by atoms with Crippen LogP contribution in [0.25, 0.3) is 0 Å². The van der Waals surface area contributed by atoms with Gasteiger partial charge in [0.05, 0.1) is 32.4 Å². The monoisotopic (exact) mass is 737 g/mol. The van der Waals surface area contributed by atoms with E-state index in [4.69, 9.17) is 4.74 Å². The van der Waals surface area contributed by atoms with Crippen LogP contribution >= 0.6 is 0 Å². The van der Waals surface area contributed by atoms with Crippen LogP contribution in [0, 0.1) is 11.8 Å². The normalized spacial score (nSPS) is 16.8. The summed E-state index contributed by atoms with van der Waals surface area (Å²) in [5.74, 6) is -2.89. The standard InChI is InChI=1S/C40H59N5O8/c1-27(2)22-32(36(48)40(5,52)26-46)42-39(51)34(24-30-14-10-7-11-15-30)44-38(50)33(23-28(3)4)43-37(49)31(17-16-29-12-8-6-9-13-29)41-35(47)25-45-18-20-53-21-19-45/h6-15,27-28,31-34,46,52H,16-26H2,1-5H3,(H,41,47)(H,42,51)(H,43,49)(H,44,50)/t31-,32+,33-,34-,40-/m0/s1. The molecule has 4 amide bonds. The van der Waals surface area contributed by atoms with E-state index in [0.717, 1.165) is 11.1 Å². The molecule has 0 unspecified atom stereocenters. The van der Waals surface area contributed by atoms with Gasteiger partial charge in [-0.15, -0.1) is 0 Å². The van der Waals surface area contributed by atoms with Crippen LogP contribution in [0.1, 0.15) is 65.0 Å². The average molecular weight is 738 g/mol. The SMILES string of the molecule is CC(C)C[C@H](NC(=O)[C@H](CCc1ccccc1)NC(=O)CN1CCOCC1)C(=O)N[C@@H](Cc1ccccc1)C(=O)N[C@H](CC(C)C)C(=O)[C@@](C)(O)CO. The third kappa shape index (κ3) is 15.0. The number of hydrogen-bond donors (Lipinski definition) is 6. The number of aliphatic hydroxyl groups is 2. The summed E-state index contributed by atoms with van der Waals surface area (Å²) in [7, 11) is 0. The summed E-state index contributed by atoms with van der Waals surface area (Å²) in [6, 6.07) is 14.4. The third-order valence-electron chi connectivity index (χ3n) is 9.12. The molecule has 1 aliphatic rings. The molecule has 6 N–H and O–H groups in total. The lowest BCUT2D eigenvalue weighted by Crippen LogP contribution is -2.60. The number of morpholine rings is 1. The zero-order valence-corrected chi connectivity index (χ0v) is 31.8. The van der Waals surface area contributed by atoms with Gasteiger partial charge in [0, 0.05) is 19.5 Å². The largest absolute Gasteiger partial charge is 0.393 e. The average Bonchev–Trinajstić information content (AvgIpc) is 3.12. The molecule has 13 nitrogen and oxygen atoms in total. The predicted octanol–water partition coefficient (Wildman–Crippen LogP) is 1.54. The molecular weight excluding hydrogens is 678 g/mol. The molecule has 0 aromatic heterocycles. The van der Waals surface area contributed by atoms with E-state index in [1.54, 1.807) is 12.1 Å². The summed E-state index contributed by atoms with van der Waals surface area (Å²) >= 11 is 0. The molecule has 1 fully saturated rings. The molecular formula is C40H59N5O8. The highest BCUT2D eigenvalue weighted by atomic mass is 16.5. The molecule has 5 atom stereocenters. The Kier molecular flexibility index (Phi) is 17.5. The van der Waals surface area contributed by atoms with Crippen LogP contribution in [0.3, 0.4) is 0 Å². The number of nitrogens with one attached hydrogen (secondary N) is 4. The van der Waals surface area contributed by atoms with E-state index in [2.05, 4.69) is 21.3 Å². The van der Waals surface area contributed by atoms with Gasteiger partial charge in [-0.2, -0.15) is 0 Å². The molecule has 1 saturated heterocycles. The summed E-state index contributed by atoms with van der Waals surface area (Å²) in [4.78, 5) is 70.2. The molecule has 1 heterocycles. The zero-order valence-electron chi connectivity index (χ0n) is 31.8. The number of ketones is 1. The fraction of sp³-hybridized carbons (Fsp3) is 0.575. The van der Waals surface area contributed by atoms with Gasteiger partial charge in [-0.05, 0) is 55.6 Å². The molecule has 0 saturated carbocycles. The fourth-order valence-electron chi connectivity index (χ4n) is 6.16. The maximum absolute atomic E-state index is 14.1. The Hall–Kier alpha value is -4.17. The molecule has 2 aromatic carbocycles. The van der Waals surface area contributed by atoms with E-state index in [0.29, 0.717) is 39.1 Å². The van der Waals surface area contributed by atoms with Crippen molar-refractivity contribution in [1.82, 2.24) is 26.2 Å². The number of amides is 4. The number of carbonyl (C=O) groups excluding carboxylic acids is 5. The first kappa shape index (κ1) is 43.2. The van der Waals surface area contributed by atoms with Crippen LogP contribution in [0.4, 0.5) is 0 Å². The lowest BCUT2D eigenvalue weighted by atomic mass is 9.90. The van der Waals surface area contributed by atoms with Gasteiger partial charge in [-0.3, -0.25) is 28.9 Å². The van der Waals surface area contributed by atoms with Crippen LogP contribution < -0.4 is 21.3 Å². The van der Waals surface area contributed by atoms with Gasteiger partial charge in [0.25, 0.3) is 0 Å². The number of hydrogen-bond acceptors (Lipinski definition) is 9. The lowest BCUT2D eigenvalue weighted by molar-refractivity contribution is -0.144. The van der Waals surface area contributed by atoms with Gasteiger partial charge >= 0.3 is 0 Å². The van der Waals surface area contributed by atoms with E-state index < -0.39 is 59.9 Å². The van der Waals surface area contributed by atoms with Crippen LogP contribution in [0.2, 0.25) is 0 Å². The molecule has 13 heteroatoms. The Morgan fingerprint density at radius 1 is 0.717 bits per heavy atom. The second kappa shape index (κ2) is 21.5. The van der Waals surface area contributed by atoms with Crippen molar-refractivity contribution in [2.75, 3.05) is 39.5 Å². The van der Waals surface area contributed by atoms with Crippen molar-refractivity contribution in [3.05, 3.63) is 71.8 Å². The molecule has 292 valence electrons. The van der Waals surface area contributed by atoms with Gasteiger partial charge in [0.1, 0.15) is 23.7 Å². The smallest absolute Gasteiger partial charge is 0.243 e.